The van der Waals surface area contributed by atoms with Gasteiger partial charge in [0.2, 0.25) is 0 Å². The number of piperidine rings is 1. The number of morpholine rings is 1. The van der Waals surface area contributed by atoms with Crippen molar-refractivity contribution in [2.45, 2.75) is 45.7 Å². The smallest absolute Gasteiger partial charge is 0.310 e. The summed E-state index contributed by atoms with van der Waals surface area (Å²) in [7, 11) is 1.80. The molecule has 0 amide bonds. The van der Waals surface area contributed by atoms with E-state index >= 15 is 0 Å². The zero-order valence-corrected chi connectivity index (χ0v) is 16.2. The van der Waals surface area contributed by atoms with Crippen LogP contribution in [0, 0.1) is 5.92 Å². The number of carbonyl (C=O) groups is 1. The molecule has 0 aromatic rings. The summed E-state index contributed by atoms with van der Waals surface area (Å²) in [5.41, 5.74) is 0. The second-order valence-corrected chi connectivity index (χ2v) is 6.98. The van der Waals surface area contributed by atoms with Crippen LogP contribution < -0.4 is 5.32 Å². The Bertz CT molecular complexity index is 458. The Labute approximate surface area is 151 Å². The first-order chi connectivity index (χ1) is 12.1. The van der Waals surface area contributed by atoms with Gasteiger partial charge < -0.3 is 19.7 Å². The Kier molecular flexibility index (Phi) is 7.96. The molecule has 0 bridgehead atoms. The van der Waals surface area contributed by atoms with Crippen molar-refractivity contribution in [1.82, 2.24) is 15.1 Å². The molecule has 2 saturated heterocycles. The van der Waals surface area contributed by atoms with Crippen molar-refractivity contribution >= 4 is 11.9 Å². The van der Waals surface area contributed by atoms with E-state index in [0.29, 0.717) is 25.2 Å². The number of nitrogens with one attached hydrogen (secondary N) is 1. The molecule has 0 spiro atoms. The van der Waals surface area contributed by atoms with Crippen LogP contribution in [0.5, 0.6) is 0 Å². The second kappa shape index (κ2) is 9.97. The molecule has 2 rings (SSSR count). The van der Waals surface area contributed by atoms with E-state index in [9.17, 15) is 4.79 Å². The third-order valence-corrected chi connectivity index (χ3v) is 5.09. The third-order valence-electron chi connectivity index (χ3n) is 5.09. The van der Waals surface area contributed by atoms with Crippen LogP contribution >= 0.6 is 0 Å². The number of aliphatic imine (C=N–C) groups is 1. The summed E-state index contributed by atoms with van der Waals surface area (Å²) in [6, 6.07) is 0.844. The van der Waals surface area contributed by atoms with Crippen LogP contribution in [0.25, 0.3) is 0 Å². The molecule has 2 heterocycles. The summed E-state index contributed by atoms with van der Waals surface area (Å²) in [5, 5.41) is 3.49. The fraction of sp³-hybridized carbons (Fsp3) is 0.889. The van der Waals surface area contributed by atoms with Gasteiger partial charge in [-0.25, -0.2) is 0 Å². The molecule has 25 heavy (non-hydrogen) atoms. The number of nitrogens with zero attached hydrogens (tertiary/aromatic N) is 3. The lowest BCUT2D eigenvalue weighted by Gasteiger charge is -2.39. The topological polar surface area (TPSA) is 66.4 Å². The first-order valence-corrected chi connectivity index (χ1v) is 9.52. The predicted molar refractivity (Wildman–Crippen MR) is 98.7 cm³/mol. The van der Waals surface area contributed by atoms with Gasteiger partial charge in [0.1, 0.15) is 0 Å². The van der Waals surface area contributed by atoms with Crippen LogP contribution in [0.15, 0.2) is 4.99 Å². The van der Waals surface area contributed by atoms with Crippen LogP contribution in [-0.4, -0.2) is 86.9 Å². The van der Waals surface area contributed by atoms with E-state index in [-0.39, 0.29) is 11.9 Å². The standard InChI is InChI=1S/C18H34N4O3/c1-5-25-17(23)16-7-6-8-21(12-16)18(19-4)20-11-14(2)22-9-10-24-13-15(22)3/h14-16H,5-13H2,1-4H3,(H,19,20). The van der Waals surface area contributed by atoms with Gasteiger partial charge in [0.05, 0.1) is 25.7 Å². The molecule has 7 nitrogen and oxygen atoms in total. The molecule has 3 unspecified atom stereocenters. The third kappa shape index (κ3) is 5.57. The minimum Gasteiger partial charge on any atom is -0.466 e. The summed E-state index contributed by atoms with van der Waals surface area (Å²) in [6.07, 6.45) is 1.88. The van der Waals surface area contributed by atoms with Gasteiger partial charge in [0.25, 0.3) is 0 Å². The van der Waals surface area contributed by atoms with Crippen LogP contribution in [-0.2, 0) is 14.3 Å². The highest BCUT2D eigenvalue weighted by Gasteiger charge is 2.29. The van der Waals surface area contributed by atoms with E-state index in [1.54, 1.807) is 7.05 Å². The summed E-state index contributed by atoms with van der Waals surface area (Å²) in [5.74, 6) is 0.740. The maximum atomic E-state index is 12.0. The predicted octanol–water partition coefficient (Wildman–Crippen LogP) is 0.946. The van der Waals surface area contributed by atoms with Crippen molar-refractivity contribution in [2.75, 3.05) is 53.0 Å². The number of guanidine groups is 1. The summed E-state index contributed by atoms with van der Waals surface area (Å²) in [6.45, 7) is 11.8. The molecule has 2 aliphatic rings. The normalized spacial score (nSPS) is 27.0. The molecular weight excluding hydrogens is 320 g/mol. The van der Waals surface area contributed by atoms with Crippen molar-refractivity contribution in [3.05, 3.63) is 0 Å². The van der Waals surface area contributed by atoms with Crippen molar-refractivity contribution < 1.29 is 14.3 Å². The maximum absolute atomic E-state index is 12.0. The average molecular weight is 354 g/mol. The Morgan fingerprint density at radius 3 is 2.92 bits per heavy atom. The van der Waals surface area contributed by atoms with Crippen molar-refractivity contribution in [1.29, 1.82) is 0 Å². The zero-order valence-electron chi connectivity index (χ0n) is 16.2. The van der Waals surface area contributed by atoms with Crippen LogP contribution in [0.3, 0.4) is 0 Å². The monoisotopic (exact) mass is 354 g/mol. The number of hydrogen-bond donors (Lipinski definition) is 1. The fourth-order valence-corrected chi connectivity index (χ4v) is 3.71. The molecule has 0 aromatic heterocycles. The van der Waals surface area contributed by atoms with Gasteiger partial charge in [-0.1, -0.05) is 0 Å². The molecular formula is C18H34N4O3. The highest BCUT2D eigenvalue weighted by molar-refractivity contribution is 5.81. The van der Waals surface area contributed by atoms with Crippen LogP contribution in [0.1, 0.15) is 33.6 Å². The molecule has 2 fully saturated rings. The molecule has 0 radical (unpaired) electrons. The largest absolute Gasteiger partial charge is 0.466 e. The van der Waals surface area contributed by atoms with Crippen molar-refractivity contribution in [3.63, 3.8) is 0 Å². The highest BCUT2D eigenvalue weighted by atomic mass is 16.5. The Balaban J connectivity index is 1.85. The number of ether oxygens (including phenoxy) is 2. The molecule has 0 aliphatic carbocycles. The first kappa shape index (κ1) is 20.0. The van der Waals surface area contributed by atoms with Crippen LogP contribution in [0.4, 0.5) is 0 Å². The number of hydrogen-bond acceptors (Lipinski definition) is 5. The molecule has 0 saturated carbocycles. The lowest BCUT2D eigenvalue weighted by molar-refractivity contribution is -0.149. The average Bonchev–Trinajstić information content (AvgIpc) is 2.63. The number of likely N-dealkylation sites (tertiary alicyclic amines) is 1. The number of carbonyl (C=O) groups excluding carboxylic acids is 1. The summed E-state index contributed by atoms with van der Waals surface area (Å²) in [4.78, 5) is 21.1. The number of esters is 1. The molecule has 7 heteroatoms. The zero-order chi connectivity index (χ0) is 18.2. The number of rotatable bonds is 5. The van der Waals surface area contributed by atoms with Gasteiger partial charge in [-0.2, -0.15) is 0 Å². The van der Waals surface area contributed by atoms with Gasteiger partial charge in [0, 0.05) is 45.3 Å². The minimum atomic E-state index is -0.0850. The van der Waals surface area contributed by atoms with E-state index in [4.69, 9.17) is 9.47 Å². The Morgan fingerprint density at radius 1 is 1.44 bits per heavy atom. The minimum absolute atomic E-state index is 0.0519. The SMILES string of the molecule is CCOC(=O)C1CCCN(C(=NC)NCC(C)N2CCOCC2C)C1. The summed E-state index contributed by atoms with van der Waals surface area (Å²) >= 11 is 0. The highest BCUT2D eigenvalue weighted by Crippen LogP contribution is 2.18. The lowest BCUT2D eigenvalue weighted by Crippen LogP contribution is -2.54. The Morgan fingerprint density at radius 2 is 2.24 bits per heavy atom. The van der Waals surface area contributed by atoms with Gasteiger partial charge in [-0.15, -0.1) is 0 Å². The molecule has 0 aromatic carbocycles. The Hall–Kier alpha value is -1.34. The van der Waals surface area contributed by atoms with E-state index in [1.165, 1.54) is 0 Å². The first-order valence-electron chi connectivity index (χ1n) is 9.52. The fourth-order valence-electron chi connectivity index (χ4n) is 3.71. The molecule has 2 aliphatic heterocycles. The van der Waals surface area contributed by atoms with E-state index in [2.05, 4.69) is 34.0 Å². The quantitative estimate of drug-likeness (QED) is 0.450. The second-order valence-electron chi connectivity index (χ2n) is 6.98. The van der Waals surface area contributed by atoms with E-state index in [1.807, 2.05) is 6.92 Å². The van der Waals surface area contributed by atoms with Gasteiger partial charge in [-0.3, -0.25) is 14.7 Å². The molecule has 144 valence electrons. The van der Waals surface area contributed by atoms with Gasteiger partial charge in [-0.05, 0) is 33.6 Å². The van der Waals surface area contributed by atoms with E-state index < -0.39 is 0 Å². The maximum Gasteiger partial charge on any atom is 0.310 e. The van der Waals surface area contributed by atoms with Crippen molar-refractivity contribution in [3.8, 4) is 0 Å². The van der Waals surface area contributed by atoms with Gasteiger partial charge >= 0.3 is 5.97 Å². The van der Waals surface area contributed by atoms with Gasteiger partial charge in [0.15, 0.2) is 5.96 Å². The van der Waals surface area contributed by atoms with Crippen LogP contribution in [0.2, 0.25) is 0 Å². The summed E-state index contributed by atoms with van der Waals surface area (Å²) < 4.78 is 10.7. The van der Waals surface area contributed by atoms with Crippen molar-refractivity contribution in [2.24, 2.45) is 10.9 Å². The van der Waals surface area contributed by atoms with E-state index in [0.717, 1.165) is 51.6 Å². The molecule has 1 N–H and O–H groups in total. The molecule has 3 atom stereocenters. The lowest BCUT2D eigenvalue weighted by atomic mass is 9.98.